The van der Waals surface area contributed by atoms with Crippen molar-refractivity contribution in [2.24, 2.45) is 0 Å². The Labute approximate surface area is 106 Å². The SMILES string of the molecule is CC(CNC(=O)N1C[C@H](O)C[C@H]1C(=O)O)N(C)C. The minimum Gasteiger partial charge on any atom is -0.480 e. The van der Waals surface area contributed by atoms with Crippen molar-refractivity contribution in [3.63, 3.8) is 0 Å². The largest absolute Gasteiger partial charge is 0.480 e. The van der Waals surface area contributed by atoms with E-state index >= 15 is 0 Å². The summed E-state index contributed by atoms with van der Waals surface area (Å²) in [5.41, 5.74) is 0. The first-order chi connectivity index (χ1) is 8.32. The van der Waals surface area contributed by atoms with Crippen LogP contribution in [0.25, 0.3) is 0 Å². The monoisotopic (exact) mass is 259 g/mol. The van der Waals surface area contributed by atoms with Gasteiger partial charge in [0.2, 0.25) is 0 Å². The molecule has 1 unspecified atom stereocenters. The Hall–Kier alpha value is -1.34. The highest BCUT2D eigenvalue weighted by molar-refractivity contribution is 5.83. The zero-order valence-electron chi connectivity index (χ0n) is 11.0. The highest BCUT2D eigenvalue weighted by atomic mass is 16.4. The second-order valence-corrected chi connectivity index (χ2v) is 4.89. The lowest BCUT2D eigenvalue weighted by Gasteiger charge is -2.24. The first-order valence-corrected chi connectivity index (χ1v) is 5.94. The van der Waals surface area contributed by atoms with Gasteiger partial charge in [-0.2, -0.15) is 0 Å². The maximum Gasteiger partial charge on any atom is 0.326 e. The molecular formula is C11H21N3O4. The van der Waals surface area contributed by atoms with Crippen molar-refractivity contribution in [1.29, 1.82) is 0 Å². The number of likely N-dealkylation sites (N-methyl/N-ethyl adjacent to an activating group) is 1. The fourth-order valence-corrected chi connectivity index (χ4v) is 1.79. The molecular weight excluding hydrogens is 238 g/mol. The summed E-state index contributed by atoms with van der Waals surface area (Å²) in [6.07, 6.45) is -0.672. The number of likely N-dealkylation sites (tertiary alicyclic amines) is 1. The minimum atomic E-state index is -1.08. The number of nitrogens with one attached hydrogen (secondary N) is 1. The maximum absolute atomic E-state index is 11.9. The molecule has 0 bridgehead atoms. The van der Waals surface area contributed by atoms with Crippen LogP contribution in [0.4, 0.5) is 4.79 Å². The Morgan fingerprint density at radius 2 is 2.11 bits per heavy atom. The Kier molecular flexibility index (Phi) is 4.92. The number of hydrogen-bond donors (Lipinski definition) is 3. The predicted molar refractivity (Wildman–Crippen MR) is 65.3 cm³/mol. The third-order valence-electron chi connectivity index (χ3n) is 3.26. The van der Waals surface area contributed by atoms with Gasteiger partial charge in [-0.1, -0.05) is 0 Å². The number of amides is 2. The Morgan fingerprint density at radius 1 is 1.50 bits per heavy atom. The van der Waals surface area contributed by atoms with Crippen LogP contribution in [0.15, 0.2) is 0 Å². The van der Waals surface area contributed by atoms with Gasteiger partial charge in [0.05, 0.1) is 6.10 Å². The molecule has 0 aromatic rings. The second kappa shape index (κ2) is 6.01. The number of aliphatic carboxylic acids is 1. The van der Waals surface area contributed by atoms with Crippen LogP contribution in [-0.4, -0.2) is 77.4 Å². The lowest BCUT2D eigenvalue weighted by Crippen LogP contribution is -2.49. The molecule has 104 valence electrons. The Balaban J connectivity index is 2.52. The van der Waals surface area contributed by atoms with Crippen molar-refractivity contribution in [3.05, 3.63) is 0 Å². The highest BCUT2D eigenvalue weighted by Crippen LogP contribution is 2.18. The molecule has 3 N–H and O–H groups in total. The molecule has 1 fully saturated rings. The van der Waals surface area contributed by atoms with Gasteiger partial charge in [0.25, 0.3) is 0 Å². The molecule has 0 aromatic heterocycles. The molecule has 0 aliphatic carbocycles. The van der Waals surface area contributed by atoms with E-state index in [1.807, 2.05) is 25.9 Å². The van der Waals surface area contributed by atoms with Crippen LogP contribution in [0.2, 0.25) is 0 Å². The van der Waals surface area contributed by atoms with E-state index in [4.69, 9.17) is 5.11 Å². The summed E-state index contributed by atoms with van der Waals surface area (Å²) in [5, 5.41) is 21.1. The molecule has 0 saturated carbocycles. The normalized spacial score (nSPS) is 25.3. The smallest absolute Gasteiger partial charge is 0.326 e. The second-order valence-electron chi connectivity index (χ2n) is 4.89. The lowest BCUT2D eigenvalue weighted by atomic mass is 10.2. The summed E-state index contributed by atoms with van der Waals surface area (Å²) in [5.74, 6) is -1.08. The van der Waals surface area contributed by atoms with E-state index in [0.29, 0.717) is 6.54 Å². The molecule has 2 amide bonds. The molecule has 0 radical (unpaired) electrons. The van der Waals surface area contributed by atoms with E-state index in [1.165, 1.54) is 4.90 Å². The topological polar surface area (TPSA) is 93.1 Å². The molecule has 1 rings (SSSR count). The van der Waals surface area contributed by atoms with Gasteiger partial charge in [0, 0.05) is 25.6 Å². The maximum atomic E-state index is 11.9. The number of hydrogen-bond acceptors (Lipinski definition) is 4. The van der Waals surface area contributed by atoms with E-state index in [2.05, 4.69) is 5.32 Å². The van der Waals surface area contributed by atoms with Crippen molar-refractivity contribution in [1.82, 2.24) is 15.1 Å². The number of aliphatic hydroxyl groups excluding tert-OH is 1. The summed E-state index contributed by atoms with van der Waals surface area (Å²) in [4.78, 5) is 26.0. The molecule has 0 spiro atoms. The Morgan fingerprint density at radius 3 is 2.61 bits per heavy atom. The van der Waals surface area contributed by atoms with Gasteiger partial charge in [0.1, 0.15) is 6.04 Å². The summed E-state index contributed by atoms with van der Waals surface area (Å²) in [7, 11) is 3.80. The highest BCUT2D eigenvalue weighted by Gasteiger charge is 2.38. The number of carbonyl (C=O) groups is 2. The van der Waals surface area contributed by atoms with Crippen LogP contribution < -0.4 is 5.32 Å². The van der Waals surface area contributed by atoms with E-state index in [0.717, 1.165) is 0 Å². The quantitative estimate of drug-likeness (QED) is 0.612. The van der Waals surface area contributed by atoms with Gasteiger partial charge in [0.15, 0.2) is 0 Å². The number of nitrogens with zero attached hydrogens (tertiary/aromatic N) is 2. The number of β-amino-alcohol motifs (C(OH)–C–C–N with tert-alkyl or cyclic N) is 1. The molecule has 7 heteroatoms. The molecule has 1 aliphatic rings. The van der Waals surface area contributed by atoms with Gasteiger partial charge in [-0.3, -0.25) is 0 Å². The van der Waals surface area contributed by atoms with E-state index in [9.17, 15) is 14.7 Å². The van der Waals surface area contributed by atoms with E-state index in [-0.39, 0.29) is 19.0 Å². The van der Waals surface area contributed by atoms with Gasteiger partial charge in [-0.15, -0.1) is 0 Å². The van der Waals surface area contributed by atoms with Crippen LogP contribution in [0.5, 0.6) is 0 Å². The van der Waals surface area contributed by atoms with Gasteiger partial charge in [-0.05, 0) is 21.0 Å². The fourth-order valence-electron chi connectivity index (χ4n) is 1.79. The number of urea groups is 1. The van der Waals surface area contributed by atoms with Crippen molar-refractivity contribution in [2.75, 3.05) is 27.2 Å². The van der Waals surface area contributed by atoms with Gasteiger partial charge >= 0.3 is 12.0 Å². The van der Waals surface area contributed by atoms with Crippen molar-refractivity contribution < 1.29 is 19.8 Å². The zero-order valence-corrected chi connectivity index (χ0v) is 11.0. The van der Waals surface area contributed by atoms with Crippen LogP contribution in [0, 0.1) is 0 Å². The molecule has 1 saturated heterocycles. The summed E-state index contributed by atoms with van der Waals surface area (Å²) >= 11 is 0. The van der Waals surface area contributed by atoms with Crippen molar-refractivity contribution in [3.8, 4) is 0 Å². The van der Waals surface area contributed by atoms with Gasteiger partial charge in [-0.25, -0.2) is 9.59 Å². The first kappa shape index (κ1) is 14.7. The molecule has 0 aromatic carbocycles. The van der Waals surface area contributed by atoms with E-state index < -0.39 is 24.1 Å². The average Bonchev–Trinajstić information content (AvgIpc) is 2.67. The molecule has 7 nitrogen and oxygen atoms in total. The van der Waals surface area contributed by atoms with Crippen molar-refractivity contribution in [2.45, 2.75) is 31.5 Å². The molecule has 1 heterocycles. The Bertz CT molecular complexity index is 321. The fraction of sp³-hybridized carbons (Fsp3) is 0.818. The number of carbonyl (C=O) groups excluding carboxylic acids is 1. The van der Waals surface area contributed by atoms with E-state index in [1.54, 1.807) is 0 Å². The van der Waals surface area contributed by atoms with Crippen LogP contribution in [-0.2, 0) is 4.79 Å². The number of carboxylic acid groups (broad SMARTS) is 1. The van der Waals surface area contributed by atoms with Crippen LogP contribution >= 0.6 is 0 Å². The van der Waals surface area contributed by atoms with Crippen molar-refractivity contribution >= 4 is 12.0 Å². The molecule has 18 heavy (non-hydrogen) atoms. The lowest BCUT2D eigenvalue weighted by molar-refractivity contribution is -0.141. The standard InChI is InChI=1S/C11H21N3O4/c1-7(13(2)3)5-12-11(18)14-6-8(15)4-9(14)10(16)17/h7-9,15H,4-6H2,1-3H3,(H,12,18)(H,16,17)/t7?,8-,9+/m1/s1. The third kappa shape index (κ3) is 3.58. The third-order valence-corrected chi connectivity index (χ3v) is 3.26. The minimum absolute atomic E-state index is 0.0686. The average molecular weight is 259 g/mol. The predicted octanol–water partition coefficient (Wildman–Crippen LogP) is -0.834. The summed E-state index contributed by atoms with van der Waals surface area (Å²) in [6.45, 7) is 2.46. The van der Waals surface area contributed by atoms with Crippen LogP contribution in [0.3, 0.4) is 0 Å². The number of aliphatic hydroxyl groups is 1. The zero-order chi connectivity index (χ0) is 13.9. The first-order valence-electron chi connectivity index (χ1n) is 5.94. The summed E-state index contributed by atoms with van der Waals surface area (Å²) in [6, 6.07) is -1.22. The number of carboxylic acids is 1. The number of rotatable bonds is 4. The van der Waals surface area contributed by atoms with Crippen LogP contribution in [0.1, 0.15) is 13.3 Å². The molecule has 3 atom stereocenters. The molecule has 1 aliphatic heterocycles. The van der Waals surface area contributed by atoms with Gasteiger partial charge < -0.3 is 25.3 Å². The summed E-state index contributed by atoms with van der Waals surface area (Å²) < 4.78 is 0.